The van der Waals surface area contributed by atoms with Gasteiger partial charge in [0.2, 0.25) is 0 Å². The average molecular weight is 1210 g/mol. The molecule has 0 aliphatic carbocycles. The molecule has 24 heteroatoms. The van der Waals surface area contributed by atoms with Gasteiger partial charge in [-0.1, -0.05) is 202 Å². The molecule has 0 amide bonds. The Morgan fingerprint density at radius 2 is 0.534 bits per heavy atom. The maximum Gasteiger partial charge on any atom is 0.0718 e. The van der Waals surface area contributed by atoms with Crippen LogP contribution in [0.25, 0.3) is 0 Å². The van der Waals surface area contributed by atoms with Crippen LogP contribution in [0.5, 0.6) is 0 Å². The molecule has 8 aliphatic rings. The lowest BCUT2D eigenvalue weighted by Gasteiger charge is -2.05. The van der Waals surface area contributed by atoms with Crippen molar-refractivity contribution in [3.63, 3.8) is 0 Å². The lowest BCUT2D eigenvalue weighted by atomic mass is 10.6. The summed E-state index contributed by atoms with van der Waals surface area (Å²) in [5.74, 6) is 4.46. The van der Waals surface area contributed by atoms with E-state index in [9.17, 15) is 0 Å². The molecule has 8 rings (SSSR count). The summed E-state index contributed by atoms with van der Waals surface area (Å²) in [7, 11) is 0. The molecule has 310 valence electrons. The van der Waals surface area contributed by atoms with Crippen LogP contribution in [-0.4, -0.2) is 48.0 Å². The summed E-state index contributed by atoms with van der Waals surface area (Å²) in [5.41, 5.74) is 0. The summed E-state index contributed by atoms with van der Waals surface area (Å²) in [6, 6.07) is 0. The van der Waals surface area contributed by atoms with Gasteiger partial charge in [-0.15, -0.1) is 94.1 Å². The fraction of sp³-hybridized carbons (Fsp3) is 0.294. The van der Waals surface area contributed by atoms with Gasteiger partial charge in [0.05, 0.1) is 84.7 Å². The topological polar surface area (TPSA) is 0 Å². The first-order valence-corrected chi connectivity index (χ1v) is 38.6. The van der Waals surface area contributed by atoms with Crippen LogP contribution >= 0.6 is 282 Å². The molecule has 0 aromatic heterocycles. The van der Waals surface area contributed by atoms with Crippen molar-refractivity contribution in [2.24, 2.45) is 0 Å². The molecule has 0 spiro atoms. The van der Waals surface area contributed by atoms with Gasteiger partial charge < -0.3 is 0 Å². The molecule has 0 saturated carbocycles. The van der Waals surface area contributed by atoms with E-state index in [1.54, 1.807) is 0 Å². The van der Waals surface area contributed by atoms with Crippen LogP contribution in [0.2, 0.25) is 0 Å². The van der Waals surface area contributed by atoms with Gasteiger partial charge in [0.15, 0.2) is 0 Å². The van der Waals surface area contributed by atoms with Gasteiger partial charge in [-0.05, 0) is 60.8 Å². The van der Waals surface area contributed by atoms with E-state index in [1.165, 1.54) is 84.7 Å². The lowest BCUT2D eigenvalue weighted by molar-refractivity contribution is 1.53. The van der Waals surface area contributed by atoms with Crippen molar-refractivity contribution >= 4 is 282 Å². The molecule has 0 unspecified atom stereocenters. The molecule has 0 N–H and O–H groups in total. The van der Waals surface area contributed by atoms with Gasteiger partial charge in [0.25, 0.3) is 0 Å². The third-order valence-corrected chi connectivity index (χ3v) is 40.3. The van der Waals surface area contributed by atoms with Crippen LogP contribution in [0.1, 0.15) is 13.8 Å². The van der Waals surface area contributed by atoms with Gasteiger partial charge >= 0.3 is 0 Å². The molecule has 0 atom stereocenters. The number of hydrogen-bond acceptors (Lipinski definition) is 24. The van der Waals surface area contributed by atoms with E-state index in [0.29, 0.717) is 0 Å². The minimum Gasteiger partial charge on any atom is -0.121 e. The molecule has 8 heterocycles. The highest BCUT2D eigenvalue weighted by Crippen LogP contribution is 2.72. The molecule has 0 nitrogen and oxygen atoms in total. The van der Waals surface area contributed by atoms with Gasteiger partial charge in [0, 0.05) is 11.5 Å². The largest absolute Gasteiger partial charge is 0.121 e. The van der Waals surface area contributed by atoms with Gasteiger partial charge in [0.1, 0.15) is 0 Å². The molecule has 0 radical (unpaired) electrons. The Bertz CT molecular complexity index is 1870. The van der Waals surface area contributed by atoms with Crippen molar-refractivity contribution in [3.05, 3.63) is 109 Å². The third kappa shape index (κ3) is 12.7. The molecule has 0 fully saturated rings. The summed E-state index contributed by atoms with van der Waals surface area (Å²) in [5, 5.41) is 0. The summed E-state index contributed by atoms with van der Waals surface area (Å²) >= 11 is 47.1. The predicted molar refractivity (Wildman–Crippen MR) is 325 cm³/mol. The number of thioether (sulfide) groups is 24. The van der Waals surface area contributed by atoms with Gasteiger partial charge in [-0.25, -0.2) is 0 Å². The zero-order valence-electron chi connectivity index (χ0n) is 30.9. The first-order chi connectivity index (χ1) is 28.4. The number of allylic oxidation sites excluding steroid dienone is 4. The molecule has 58 heavy (non-hydrogen) atoms. The van der Waals surface area contributed by atoms with Crippen LogP contribution < -0.4 is 0 Å². The minimum atomic E-state index is 1.11. The summed E-state index contributed by atoms with van der Waals surface area (Å²) in [4.78, 5) is 0. The highest BCUT2D eigenvalue weighted by Gasteiger charge is 2.36. The summed E-state index contributed by atoms with van der Waals surface area (Å²) < 4.78 is 29.0. The Kier molecular flexibility index (Phi) is 21.2. The van der Waals surface area contributed by atoms with Crippen molar-refractivity contribution in [2.45, 2.75) is 13.8 Å². The molecule has 0 aromatic rings. The van der Waals surface area contributed by atoms with Crippen molar-refractivity contribution in [3.8, 4) is 0 Å². The zero-order chi connectivity index (χ0) is 40.2. The molecular formula is C34H30S24. The smallest absolute Gasteiger partial charge is 0.0718 e. The maximum atomic E-state index is 2.37. The monoisotopic (exact) mass is 1210 g/mol. The predicted octanol–water partition coefficient (Wildman–Crippen LogP) is 21.6. The quantitative estimate of drug-likeness (QED) is 0.143. The Morgan fingerprint density at radius 1 is 0.293 bits per heavy atom. The van der Waals surface area contributed by atoms with Crippen LogP contribution in [0.3, 0.4) is 0 Å². The van der Waals surface area contributed by atoms with Gasteiger partial charge in [-0.3, -0.25) is 0 Å². The molecular weight excluding hydrogens is 1180 g/mol. The van der Waals surface area contributed by atoms with Crippen LogP contribution in [0.15, 0.2) is 109 Å². The molecule has 0 aromatic carbocycles. The first-order valence-electron chi connectivity index (χ1n) is 16.7. The van der Waals surface area contributed by atoms with E-state index in [4.69, 9.17) is 0 Å². The average Bonchev–Trinajstić information content (AvgIpc) is 4.08. The fourth-order valence-corrected chi connectivity index (χ4v) is 38.8. The summed E-state index contributed by atoms with van der Waals surface area (Å²) in [6.07, 6.45) is 18.2. The normalized spacial score (nSPS) is 23.9. The van der Waals surface area contributed by atoms with Crippen molar-refractivity contribution < 1.29 is 0 Å². The molecule has 0 saturated heterocycles. The second-order valence-corrected chi connectivity index (χ2v) is 40.3. The van der Waals surface area contributed by atoms with E-state index in [2.05, 4.69) is 86.7 Å². The standard InChI is InChI=1S/C34H30S24/c1-7-39-23-25(45-15(43-23)9-11-17-47-27-28(48-17)56-33(55-27)31-51-19(35-3)20(36-4)52-31)41-13-14-42-26-24(40-8-2)44-16(46-26)10-12-18-49-29-30(50-18)58-34(57-29)32-53-21(37-5)22(38-6)54-32/h9-12H,7-8,13-14H2,1-6H3/b15-9-,16-10+. The summed E-state index contributed by atoms with van der Waals surface area (Å²) in [6.45, 7) is 4.55. The lowest BCUT2D eigenvalue weighted by Crippen LogP contribution is -1.84. The Labute approximate surface area is 445 Å². The zero-order valence-corrected chi connectivity index (χ0v) is 50.5. The van der Waals surface area contributed by atoms with Crippen molar-refractivity contribution in [1.82, 2.24) is 0 Å². The SMILES string of the molecule is CCSC1=C(SCCSC2=C(SCC)S/C(=C\C=C3SC4=C(S3)SC(=C3SC(SC)=C(SC)S3)S4)S2)S/C(=C\C=C2SC3=C(S2)SC(=C2SC(SC)=C(SC)S2)S3)S1. The second kappa shape index (κ2) is 24.7. The van der Waals surface area contributed by atoms with E-state index in [1.807, 2.05) is 259 Å². The fourth-order valence-electron chi connectivity index (χ4n) is 4.58. The van der Waals surface area contributed by atoms with Gasteiger partial charge in [-0.2, -0.15) is 0 Å². The second-order valence-electron chi connectivity index (χ2n) is 10.6. The van der Waals surface area contributed by atoms with Crippen molar-refractivity contribution in [1.29, 1.82) is 0 Å². The molecule has 0 bridgehead atoms. The van der Waals surface area contributed by atoms with E-state index in [0.717, 1.165) is 23.0 Å². The van der Waals surface area contributed by atoms with E-state index in [-0.39, 0.29) is 0 Å². The van der Waals surface area contributed by atoms with E-state index < -0.39 is 0 Å². The van der Waals surface area contributed by atoms with Crippen LogP contribution in [0, 0.1) is 0 Å². The number of rotatable bonds is 15. The van der Waals surface area contributed by atoms with Crippen LogP contribution in [0.4, 0.5) is 0 Å². The molecule has 8 aliphatic heterocycles. The maximum absolute atomic E-state index is 2.37. The number of hydrogen-bond donors (Lipinski definition) is 0. The van der Waals surface area contributed by atoms with E-state index >= 15 is 0 Å². The van der Waals surface area contributed by atoms with Crippen LogP contribution in [-0.2, 0) is 0 Å². The van der Waals surface area contributed by atoms with Crippen molar-refractivity contribution in [2.75, 3.05) is 48.0 Å². The highest BCUT2D eigenvalue weighted by molar-refractivity contribution is 8.51. The highest BCUT2D eigenvalue weighted by atomic mass is 32.3. The Morgan fingerprint density at radius 3 is 0.810 bits per heavy atom. The minimum absolute atomic E-state index is 1.11. The first kappa shape index (κ1) is 49.7. The Hall–Kier alpha value is 5.28. The third-order valence-electron chi connectivity index (χ3n) is 6.92. The Balaban J connectivity index is 0.788.